The number of nitrogens with zero attached hydrogens (tertiary/aromatic N) is 2. The highest BCUT2D eigenvalue weighted by Crippen LogP contribution is 2.19. The molecule has 0 aliphatic heterocycles. The highest BCUT2D eigenvalue weighted by molar-refractivity contribution is 7.16. The van der Waals surface area contributed by atoms with Crippen LogP contribution in [0.25, 0.3) is 16.3 Å². The third-order valence-electron chi connectivity index (χ3n) is 3.67. The molecule has 0 unspecified atom stereocenters. The van der Waals surface area contributed by atoms with Crippen molar-refractivity contribution in [2.75, 3.05) is 0 Å². The molecule has 24 heavy (non-hydrogen) atoms. The second-order valence-corrected chi connectivity index (χ2v) is 6.82. The van der Waals surface area contributed by atoms with E-state index in [2.05, 4.69) is 41.6 Å². The molecule has 0 saturated carbocycles. The van der Waals surface area contributed by atoms with Crippen molar-refractivity contribution in [2.24, 2.45) is 4.99 Å². The molecule has 122 valence electrons. The largest absolute Gasteiger partial charge is 0.317 e. The zero-order valence-electron chi connectivity index (χ0n) is 13.5. The summed E-state index contributed by atoms with van der Waals surface area (Å²) in [5.74, 6) is -0.291. The van der Waals surface area contributed by atoms with Crippen molar-refractivity contribution < 1.29 is 4.79 Å². The van der Waals surface area contributed by atoms with Gasteiger partial charge in [0.25, 0.3) is 5.91 Å². The van der Waals surface area contributed by atoms with Crippen LogP contribution in [0.15, 0.2) is 53.5 Å². The Morgan fingerprint density at radius 3 is 2.83 bits per heavy atom. The molecule has 0 bridgehead atoms. The number of rotatable bonds is 3. The fraction of sp³-hybridized carbons (Fsp3) is 0.158. The maximum atomic E-state index is 12.2. The van der Waals surface area contributed by atoms with Crippen molar-refractivity contribution in [1.29, 1.82) is 0 Å². The number of carbonyl (C=O) groups excluding carboxylic acids is 1. The lowest BCUT2D eigenvalue weighted by Gasteiger charge is -2.00. The van der Waals surface area contributed by atoms with Crippen LogP contribution in [0.2, 0.25) is 5.02 Å². The molecule has 0 aliphatic rings. The van der Waals surface area contributed by atoms with E-state index in [-0.39, 0.29) is 5.91 Å². The number of hydrogen-bond acceptors (Lipinski definition) is 2. The zero-order valence-corrected chi connectivity index (χ0v) is 15.1. The maximum absolute atomic E-state index is 12.2. The van der Waals surface area contributed by atoms with Crippen molar-refractivity contribution in [3.8, 4) is 0 Å². The number of aromatic nitrogens is 1. The molecule has 3 aromatic rings. The molecule has 5 heteroatoms. The predicted octanol–water partition coefficient (Wildman–Crippen LogP) is 4.83. The number of aryl methyl sites for hydroxylation is 2. The number of benzene rings is 2. The van der Waals surface area contributed by atoms with Gasteiger partial charge in [-0.3, -0.25) is 4.79 Å². The van der Waals surface area contributed by atoms with Crippen molar-refractivity contribution >= 4 is 45.1 Å². The van der Waals surface area contributed by atoms with Crippen LogP contribution in [0, 0.1) is 6.92 Å². The Hall–Kier alpha value is -2.17. The van der Waals surface area contributed by atoms with E-state index >= 15 is 0 Å². The molecule has 1 amide bonds. The molecule has 3 rings (SSSR count). The maximum Gasteiger partial charge on any atom is 0.272 e. The van der Waals surface area contributed by atoms with Crippen LogP contribution in [0.4, 0.5) is 0 Å². The van der Waals surface area contributed by atoms with Crippen LogP contribution in [-0.2, 0) is 11.3 Å². The van der Waals surface area contributed by atoms with E-state index in [1.807, 2.05) is 18.2 Å². The van der Waals surface area contributed by atoms with E-state index in [0.29, 0.717) is 9.82 Å². The van der Waals surface area contributed by atoms with E-state index in [9.17, 15) is 4.79 Å². The first-order chi connectivity index (χ1) is 11.6. The molecule has 0 radical (unpaired) electrons. The average Bonchev–Trinajstić information content (AvgIpc) is 2.90. The summed E-state index contributed by atoms with van der Waals surface area (Å²) >= 11 is 7.62. The van der Waals surface area contributed by atoms with Gasteiger partial charge in [-0.05, 0) is 49.2 Å². The van der Waals surface area contributed by atoms with Gasteiger partial charge >= 0.3 is 0 Å². The van der Waals surface area contributed by atoms with E-state index in [4.69, 9.17) is 11.6 Å². The number of hydrogen-bond donors (Lipinski definition) is 0. The number of amides is 1. The van der Waals surface area contributed by atoms with Crippen molar-refractivity contribution in [1.82, 2.24) is 4.57 Å². The van der Waals surface area contributed by atoms with E-state index < -0.39 is 0 Å². The van der Waals surface area contributed by atoms with Crippen LogP contribution in [0.5, 0.6) is 0 Å². The standard InChI is InChI=1S/C19H17ClN2OS/c1-3-22-16-10-8-13(2)12-17(16)24-19(22)21-18(23)11-9-14-6-4-5-7-15(14)20/h4-12H,3H2,1-2H3. The van der Waals surface area contributed by atoms with Crippen LogP contribution in [0.1, 0.15) is 18.1 Å². The van der Waals surface area contributed by atoms with Crippen LogP contribution in [0.3, 0.4) is 0 Å². The molecule has 1 heterocycles. The van der Waals surface area contributed by atoms with Gasteiger partial charge in [0.05, 0.1) is 10.2 Å². The first kappa shape index (κ1) is 16.7. The molecule has 3 nitrogen and oxygen atoms in total. The SMILES string of the molecule is CCn1c(=NC(=O)C=Cc2ccccc2Cl)sc2cc(C)ccc21. The van der Waals surface area contributed by atoms with Crippen molar-refractivity contribution in [2.45, 2.75) is 20.4 Å². The summed E-state index contributed by atoms with van der Waals surface area (Å²) in [7, 11) is 0. The Labute approximate surface area is 149 Å². The van der Waals surface area contributed by atoms with Gasteiger partial charge in [0, 0.05) is 17.6 Å². The van der Waals surface area contributed by atoms with Crippen LogP contribution >= 0.6 is 22.9 Å². The van der Waals surface area contributed by atoms with Crippen molar-refractivity contribution in [3.63, 3.8) is 0 Å². The number of halogens is 1. The van der Waals surface area contributed by atoms with E-state index in [1.54, 1.807) is 12.1 Å². The number of thiazole rings is 1. The molecule has 0 aliphatic carbocycles. The fourth-order valence-corrected chi connectivity index (χ4v) is 3.87. The quantitative estimate of drug-likeness (QED) is 0.619. The summed E-state index contributed by atoms with van der Waals surface area (Å²) < 4.78 is 3.19. The smallest absolute Gasteiger partial charge is 0.272 e. The first-order valence-electron chi connectivity index (χ1n) is 7.70. The monoisotopic (exact) mass is 356 g/mol. The van der Waals surface area contributed by atoms with Gasteiger partial charge in [0.2, 0.25) is 0 Å². The Morgan fingerprint density at radius 2 is 2.08 bits per heavy atom. The third kappa shape index (κ3) is 3.50. The highest BCUT2D eigenvalue weighted by atomic mass is 35.5. The van der Waals surface area contributed by atoms with E-state index in [1.165, 1.54) is 23.0 Å². The number of carbonyl (C=O) groups is 1. The Balaban J connectivity index is 1.97. The fourth-order valence-electron chi connectivity index (χ4n) is 2.47. The minimum Gasteiger partial charge on any atom is -0.317 e. The van der Waals surface area contributed by atoms with E-state index in [0.717, 1.165) is 22.3 Å². The Morgan fingerprint density at radius 1 is 1.29 bits per heavy atom. The molecular weight excluding hydrogens is 340 g/mol. The predicted molar refractivity (Wildman–Crippen MR) is 101 cm³/mol. The first-order valence-corrected chi connectivity index (χ1v) is 8.89. The molecule has 1 aromatic heterocycles. The Kier molecular flexibility index (Phi) is 4.97. The normalized spacial score (nSPS) is 12.4. The lowest BCUT2D eigenvalue weighted by atomic mass is 10.2. The Bertz CT molecular complexity index is 998. The van der Waals surface area contributed by atoms with Gasteiger partial charge in [-0.15, -0.1) is 0 Å². The minimum absolute atomic E-state index is 0.291. The summed E-state index contributed by atoms with van der Waals surface area (Å²) in [6.07, 6.45) is 3.15. The zero-order chi connectivity index (χ0) is 17.1. The number of fused-ring (bicyclic) bond motifs is 1. The summed E-state index contributed by atoms with van der Waals surface area (Å²) in [5, 5.41) is 0.613. The topological polar surface area (TPSA) is 34.4 Å². The molecule has 0 fully saturated rings. The summed E-state index contributed by atoms with van der Waals surface area (Å²) in [6, 6.07) is 13.7. The molecule has 0 spiro atoms. The average molecular weight is 357 g/mol. The molecule has 2 aromatic carbocycles. The second kappa shape index (κ2) is 7.16. The summed E-state index contributed by atoms with van der Waals surface area (Å²) in [4.78, 5) is 17.2. The lowest BCUT2D eigenvalue weighted by molar-refractivity contribution is -0.113. The van der Waals surface area contributed by atoms with Gasteiger partial charge in [-0.1, -0.05) is 47.2 Å². The molecular formula is C19H17ClN2OS. The minimum atomic E-state index is -0.291. The van der Waals surface area contributed by atoms with Crippen LogP contribution < -0.4 is 4.80 Å². The van der Waals surface area contributed by atoms with Gasteiger partial charge in [0.1, 0.15) is 0 Å². The molecule has 0 atom stereocenters. The summed E-state index contributed by atoms with van der Waals surface area (Å²) in [5.41, 5.74) is 3.11. The summed E-state index contributed by atoms with van der Waals surface area (Å²) in [6.45, 7) is 4.88. The van der Waals surface area contributed by atoms with Gasteiger partial charge in [-0.2, -0.15) is 4.99 Å². The van der Waals surface area contributed by atoms with Gasteiger partial charge in [0.15, 0.2) is 4.80 Å². The van der Waals surface area contributed by atoms with Gasteiger partial charge in [-0.25, -0.2) is 0 Å². The van der Waals surface area contributed by atoms with Crippen molar-refractivity contribution in [3.05, 3.63) is 69.5 Å². The third-order valence-corrected chi connectivity index (χ3v) is 5.06. The highest BCUT2D eigenvalue weighted by Gasteiger charge is 2.06. The second-order valence-electron chi connectivity index (χ2n) is 5.40. The molecule has 0 N–H and O–H groups in total. The molecule has 0 saturated heterocycles. The van der Waals surface area contributed by atoms with Gasteiger partial charge < -0.3 is 4.57 Å². The van der Waals surface area contributed by atoms with Crippen LogP contribution in [-0.4, -0.2) is 10.5 Å². The lowest BCUT2D eigenvalue weighted by Crippen LogP contribution is -2.15.